The van der Waals surface area contributed by atoms with E-state index in [2.05, 4.69) is 10.3 Å². The van der Waals surface area contributed by atoms with Gasteiger partial charge in [0.1, 0.15) is 17.1 Å². The third kappa shape index (κ3) is 2.32. The third-order valence-corrected chi connectivity index (χ3v) is 4.79. The van der Waals surface area contributed by atoms with Gasteiger partial charge in [-0.1, -0.05) is 13.8 Å². The van der Waals surface area contributed by atoms with Gasteiger partial charge >= 0.3 is 0 Å². The minimum absolute atomic E-state index is 0.0469. The van der Waals surface area contributed by atoms with Crippen molar-refractivity contribution in [3.8, 4) is 0 Å². The zero-order chi connectivity index (χ0) is 15.1. The van der Waals surface area contributed by atoms with Gasteiger partial charge < -0.3 is 10.2 Å². The Kier molecular flexibility index (Phi) is 3.86. The molecule has 6 heteroatoms. The van der Waals surface area contributed by atoms with Crippen LogP contribution >= 0.6 is 11.3 Å². The summed E-state index contributed by atoms with van der Waals surface area (Å²) in [5.74, 6) is -0.0917. The third-order valence-electron chi connectivity index (χ3n) is 3.70. The van der Waals surface area contributed by atoms with E-state index < -0.39 is 17.6 Å². The first-order valence-corrected chi connectivity index (χ1v) is 7.68. The molecule has 1 saturated heterocycles. The number of aromatic nitrogens is 1. The summed E-state index contributed by atoms with van der Waals surface area (Å²) in [5.41, 5.74) is -0.591. The van der Waals surface area contributed by atoms with E-state index in [9.17, 15) is 9.59 Å². The maximum absolute atomic E-state index is 12.6. The predicted octanol–water partition coefficient (Wildman–Crippen LogP) is 1.75. The van der Waals surface area contributed by atoms with Crippen molar-refractivity contribution in [2.75, 3.05) is 0 Å². The fourth-order valence-electron chi connectivity index (χ4n) is 2.68. The van der Waals surface area contributed by atoms with Crippen molar-refractivity contribution >= 4 is 23.2 Å². The molecule has 1 aliphatic heterocycles. The van der Waals surface area contributed by atoms with Crippen LogP contribution in [0.15, 0.2) is 11.6 Å². The van der Waals surface area contributed by atoms with Crippen molar-refractivity contribution in [3.05, 3.63) is 16.6 Å². The van der Waals surface area contributed by atoms with Crippen LogP contribution in [-0.2, 0) is 15.1 Å². The van der Waals surface area contributed by atoms with E-state index >= 15 is 0 Å². The van der Waals surface area contributed by atoms with E-state index in [-0.39, 0.29) is 17.7 Å². The van der Waals surface area contributed by atoms with Gasteiger partial charge in [-0.15, -0.1) is 11.3 Å². The van der Waals surface area contributed by atoms with Gasteiger partial charge in [0.15, 0.2) is 0 Å². The summed E-state index contributed by atoms with van der Waals surface area (Å²) in [6, 6.07) is -0.950. The van der Waals surface area contributed by atoms with Crippen LogP contribution in [0.5, 0.6) is 0 Å². The minimum atomic E-state index is -0.591. The van der Waals surface area contributed by atoms with Crippen LogP contribution in [0.1, 0.15) is 39.6 Å². The van der Waals surface area contributed by atoms with Gasteiger partial charge in [0.2, 0.25) is 11.8 Å². The number of hydrogen-bond donors (Lipinski definition) is 1. The Bertz CT molecular complexity index is 510. The monoisotopic (exact) mass is 295 g/mol. The largest absolute Gasteiger partial charge is 0.343 e. The molecule has 1 aromatic heterocycles. The standard InChI is InChI=1S/C14H21N3O2S/c1-8(2)10-11(18)16-9(3)12(19)17(10)14(4,5)13-15-6-7-20-13/h6-10H,1-5H3,(H,16,18). The molecule has 110 valence electrons. The second-order valence-corrected chi connectivity index (χ2v) is 6.92. The molecule has 0 radical (unpaired) electrons. The van der Waals surface area contributed by atoms with Crippen molar-refractivity contribution in [3.63, 3.8) is 0 Å². The van der Waals surface area contributed by atoms with Gasteiger partial charge in [-0.3, -0.25) is 9.59 Å². The Hall–Kier alpha value is -1.43. The molecule has 2 heterocycles. The van der Waals surface area contributed by atoms with Crippen LogP contribution in [-0.4, -0.2) is 33.8 Å². The summed E-state index contributed by atoms with van der Waals surface area (Å²) < 4.78 is 0. The Morgan fingerprint density at radius 2 is 2.05 bits per heavy atom. The Morgan fingerprint density at radius 1 is 1.40 bits per heavy atom. The van der Waals surface area contributed by atoms with Gasteiger partial charge in [-0.05, 0) is 26.7 Å². The minimum Gasteiger partial charge on any atom is -0.343 e. The highest BCUT2D eigenvalue weighted by Crippen LogP contribution is 2.35. The lowest BCUT2D eigenvalue weighted by Crippen LogP contribution is -2.68. The van der Waals surface area contributed by atoms with E-state index in [0.29, 0.717) is 0 Å². The molecule has 1 aromatic rings. The van der Waals surface area contributed by atoms with Gasteiger partial charge in [-0.2, -0.15) is 0 Å². The number of piperazine rings is 1. The second-order valence-electron chi connectivity index (χ2n) is 6.02. The van der Waals surface area contributed by atoms with Crippen molar-refractivity contribution in [1.82, 2.24) is 15.2 Å². The molecular weight excluding hydrogens is 274 g/mol. The Morgan fingerprint density at radius 3 is 2.55 bits per heavy atom. The zero-order valence-electron chi connectivity index (χ0n) is 12.5. The number of nitrogens with zero attached hydrogens (tertiary/aromatic N) is 2. The summed E-state index contributed by atoms with van der Waals surface area (Å²) in [6.07, 6.45) is 1.73. The van der Waals surface area contributed by atoms with Crippen molar-refractivity contribution in [2.45, 2.75) is 52.2 Å². The highest BCUT2D eigenvalue weighted by molar-refractivity contribution is 7.09. The maximum atomic E-state index is 12.6. The first-order valence-electron chi connectivity index (χ1n) is 6.80. The topological polar surface area (TPSA) is 62.3 Å². The highest BCUT2D eigenvalue weighted by atomic mass is 32.1. The molecule has 1 aliphatic rings. The van der Waals surface area contributed by atoms with Gasteiger partial charge in [-0.25, -0.2) is 4.98 Å². The molecule has 2 amide bonds. The van der Waals surface area contributed by atoms with E-state index in [1.165, 1.54) is 11.3 Å². The van der Waals surface area contributed by atoms with E-state index in [0.717, 1.165) is 5.01 Å². The lowest BCUT2D eigenvalue weighted by Gasteiger charge is -2.47. The molecule has 0 bridgehead atoms. The van der Waals surface area contributed by atoms with E-state index in [1.54, 1.807) is 18.0 Å². The number of thiazole rings is 1. The fraction of sp³-hybridized carbons (Fsp3) is 0.643. The van der Waals surface area contributed by atoms with Gasteiger partial charge in [0, 0.05) is 11.6 Å². The predicted molar refractivity (Wildman–Crippen MR) is 78.2 cm³/mol. The smallest absolute Gasteiger partial charge is 0.246 e. The quantitative estimate of drug-likeness (QED) is 0.924. The molecule has 5 nitrogen and oxygen atoms in total. The molecule has 0 aliphatic carbocycles. The molecule has 1 fully saturated rings. The molecule has 20 heavy (non-hydrogen) atoms. The van der Waals surface area contributed by atoms with E-state index in [4.69, 9.17) is 0 Å². The van der Waals surface area contributed by atoms with Gasteiger partial charge in [0.25, 0.3) is 0 Å². The van der Waals surface area contributed by atoms with E-state index in [1.807, 2.05) is 33.1 Å². The summed E-state index contributed by atoms with van der Waals surface area (Å²) in [4.78, 5) is 31.0. The van der Waals surface area contributed by atoms with Crippen LogP contribution in [0.25, 0.3) is 0 Å². The second kappa shape index (κ2) is 5.16. The van der Waals surface area contributed by atoms with Crippen LogP contribution in [0, 0.1) is 5.92 Å². The summed E-state index contributed by atoms with van der Waals surface area (Å²) in [7, 11) is 0. The average molecular weight is 295 g/mol. The number of hydrogen-bond acceptors (Lipinski definition) is 4. The summed E-state index contributed by atoms with van der Waals surface area (Å²) in [5, 5.41) is 5.49. The number of carbonyl (C=O) groups is 2. The molecule has 0 spiro atoms. The normalized spacial score (nSPS) is 24.2. The molecule has 2 unspecified atom stereocenters. The molecule has 2 atom stereocenters. The molecule has 0 saturated carbocycles. The summed E-state index contributed by atoms with van der Waals surface area (Å²) >= 11 is 1.51. The molecular formula is C14H21N3O2S. The fourth-order valence-corrected chi connectivity index (χ4v) is 3.44. The maximum Gasteiger partial charge on any atom is 0.246 e. The van der Waals surface area contributed by atoms with Crippen molar-refractivity contribution in [1.29, 1.82) is 0 Å². The van der Waals surface area contributed by atoms with Gasteiger partial charge in [0.05, 0.1) is 5.54 Å². The lowest BCUT2D eigenvalue weighted by atomic mass is 9.90. The number of amides is 2. The zero-order valence-corrected chi connectivity index (χ0v) is 13.3. The molecule has 0 aromatic carbocycles. The first-order chi connectivity index (χ1) is 9.26. The first kappa shape index (κ1) is 15.0. The van der Waals surface area contributed by atoms with Crippen LogP contribution in [0.4, 0.5) is 0 Å². The Balaban J connectivity index is 2.48. The molecule has 2 rings (SSSR count). The highest BCUT2D eigenvalue weighted by Gasteiger charge is 2.48. The number of carbonyl (C=O) groups excluding carboxylic acids is 2. The molecule has 1 N–H and O–H groups in total. The Labute approximate surface area is 123 Å². The number of nitrogens with one attached hydrogen (secondary N) is 1. The SMILES string of the molecule is CC1NC(=O)C(C(C)C)N(C(C)(C)c2nccs2)C1=O. The van der Waals surface area contributed by atoms with Crippen LogP contribution < -0.4 is 5.32 Å². The van der Waals surface area contributed by atoms with Crippen LogP contribution in [0.2, 0.25) is 0 Å². The average Bonchev–Trinajstić information content (AvgIpc) is 2.86. The van der Waals surface area contributed by atoms with Crippen LogP contribution in [0.3, 0.4) is 0 Å². The van der Waals surface area contributed by atoms with Crippen molar-refractivity contribution < 1.29 is 9.59 Å². The lowest BCUT2D eigenvalue weighted by molar-refractivity contribution is -0.158. The van der Waals surface area contributed by atoms with Crippen molar-refractivity contribution in [2.24, 2.45) is 5.92 Å². The summed E-state index contributed by atoms with van der Waals surface area (Å²) in [6.45, 7) is 9.54. The number of rotatable bonds is 3.